The largest absolute Gasteiger partial charge is 0.476 e. The quantitative estimate of drug-likeness (QED) is 0.867. The maximum atomic E-state index is 6.11. The van der Waals surface area contributed by atoms with E-state index in [0.717, 1.165) is 25.3 Å². The Labute approximate surface area is 126 Å². The second kappa shape index (κ2) is 6.47. The van der Waals surface area contributed by atoms with Gasteiger partial charge in [-0.1, -0.05) is 20.8 Å². The number of rotatable bonds is 5. The first-order chi connectivity index (χ1) is 9.91. The van der Waals surface area contributed by atoms with E-state index in [4.69, 9.17) is 15.2 Å². The first kappa shape index (κ1) is 15.8. The predicted molar refractivity (Wildman–Crippen MR) is 83.8 cm³/mol. The molecule has 0 radical (unpaired) electrons. The lowest BCUT2D eigenvalue weighted by Gasteiger charge is -2.21. The molecule has 3 N–H and O–H groups in total. The molecule has 118 valence electrons. The minimum Gasteiger partial charge on any atom is -0.476 e. The number of anilines is 2. The average Bonchev–Trinajstić information content (AvgIpc) is 2.91. The summed E-state index contributed by atoms with van der Waals surface area (Å²) in [6.45, 7) is 10.2. The lowest BCUT2D eigenvalue weighted by Crippen LogP contribution is -2.23. The third-order valence-corrected chi connectivity index (χ3v) is 3.38. The van der Waals surface area contributed by atoms with E-state index < -0.39 is 0 Å². The molecule has 0 bridgehead atoms. The fourth-order valence-electron chi connectivity index (χ4n) is 2.18. The van der Waals surface area contributed by atoms with Crippen molar-refractivity contribution in [2.24, 2.45) is 0 Å². The third-order valence-electron chi connectivity index (χ3n) is 3.38. The first-order valence-electron chi connectivity index (χ1n) is 7.58. The molecule has 0 aromatic carbocycles. The summed E-state index contributed by atoms with van der Waals surface area (Å²) in [5.41, 5.74) is 6.41. The molecule has 21 heavy (non-hydrogen) atoms. The van der Waals surface area contributed by atoms with Crippen molar-refractivity contribution in [3.05, 3.63) is 5.82 Å². The number of nitrogens with two attached hydrogens (primary N) is 1. The number of nitrogens with zero attached hydrogens (tertiary/aromatic N) is 2. The normalized spacial score (nSPS) is 18.8. The van der Waals surface area contributed by atoms with Crippen LogP contribution in [0.1, 0.15) is 46.4 Å². The van der Waals surface area contributed by atoms with Gasteiger partial charge in [-0.3, -0.25) is 0 Å². The summed E-state index contributed by atoms with van der Waals surface area (Å²) in [5, 5.41) is 3.29. The van der Waals surface area contributed by atoms with Crippen molar-refractivity contribution in [3.8, 4) is 5.88 Å². The van der Waals surface area contributed by atoms with Crippen LogP contribution in [0.3, 0.4) is 0 Å². The fourth-order valence-corrected chi connectivity index (χ4v) is 2.18. The zero-order chi connectivity index (χ0) is 15.5. The summed E-state index contributed by atoms with van der Waals surface area (Å²) < 4.78 is 11.1. The van der Waals surface area contributed by atoms with Crippen LogP contribution in [-0.2, 0) is 10.2 Å². The lowest BCUT2D eigenvalue weighted by molar-refractivity contribution is 0.120. The van der Waals surface area contributed by atoms with Gasteiger partial charge < -0.3 is 20.5 Å². The van der Waals surface area contributed by atoms with Crippen LogP contribution < -0.4 is 15.8 Å². The second-order valence-corrected chi connectivity index (χ2v) is 6.31. The van der Waals surface area contributed by atoms with Crippen LogP contribution in [0, 0.1) is 0 Å². The van der Waals surface area contributed by atoms with Gasteiger partial charge in [-0.15, -0.1) is 0 Å². The van der Waals surface area contributed by atoms with E-state index in [1.807, 2.05) is 6.92 Å². The highest BCUT2D eigenvalue weighted by Crippen LogP contribution is 2.30. The third kappa shape index (κ3) is 3.97. The Hall–Kier alpha value is -1.56. The number of nitrogens with one attached hydrogen (secondary N) is 1. The van der Waals surface area contributed by atoms with E-state index in [9.17, 15) is 0 Å². The van der Waals surface area contributed by atoms with Gasteiger partial charge in [-0.2, -0.15) is 4.98 Å². The van der Waals surface area contributed by atoms with Crippen molar-refractivity contribution in [2.45, 2.75) is 52.1 Å². The first-order valence-corrected chi connectivity index (χ1v) is 7.58. The fraction of sp³-hybridized carbons (Fsp3) is 0.733. The highest BCUT2D eigenvalue weighted by molar-refractivity contribution is 5.67. The Morgan fingerprint density at radius 3 is 2.71 bits per heavy atom. The van der Waals surface area contributed by atoms with E-state index in [-0.39, 0.29) is 11.5 Å². The number of nitrogen functional groups attached to an aromatic ring is 1. The molecule has 1 fully saturated rings. The molecule has 1 unspecified atom stereocenters. The van der Waals surface area contributed by atoms with E-state index in [1.54, 1.807) is 0 Å². The molecule has 2 rings (SSSR count). The molecule has 0 spiro atoms. The maximum absolute atomic E-state index is 6.11. The van der Waals surface area contributed by atoms with Crippen LogP contribution >= 0.6 is 0 Å². The molecule has 0 saturated carbocycles. The summed E-state index contributed by atoms with van der Waals surface area (Å²) in [6.07, 6.45) is 2.42. The Morgan fingerprint density at radius 2 is 2.14 bits per heavy atom. The predicted octanol–water partition coefficient (Wildman–Crippen LogP) is 2.35. The zero-order valence-corrected chi connectivity index (χ0v) is 13.4. The molecule has 1 saturated heterocycles. The van der Waals surface area contributed by atoms with Crippen LogP contribution in [-0.4, -0.2) is 35.8 Å². The minimum atomic E-state index is -0.167. The van der Waals surface area contributed by atoms with Crippen molar-refractivity contribution in [1.29, 1.82) is 0 Å². The Kier molecular flexibility index (Phi) is 4.88. The highest BCUT2D eigenvalue weighted by atomic mass is 16.5. The molecule has 0 amide bonds. The molecule has 1 aromatic heterocycles. The summed E-state index contributed by atoms with van der Waals surface area (Å²) in [5.74, 6) is 1.80. The smallest absolute Gasteiger partial charge is 0.242 e. The monoisotopic (exact) mass is 294 g/mol. The number of hydrogen-bond donors (Lipinski definition) is 2. The lowest BCUT2D eigenvalue weighted by atomic mass is 9.96. The van der Waals surface area contributed by atoms with Crippen molar-refractivity contribution in [3.63, 3.8) is 0 Å². The molecule has 6 nitrogen and oxygen atoms in total. The van der Waals surface area contributed by atoms with E-state index in [2.05, 4.69) is 36.1 Å². The van der Waals surface area contributed by atoms with E-state index in [0.29, 0.717) is 30.5 Å². The minimum absolute atomic E-state index is 0.167. The van der Waals surface area contributed by atoms with Gasteiger partial charge in [-0.05, 0) is 19.8 Å². The second-order valence-electron chi connectivity index (χ2n) is 6.31. The van der Waals surface area contributed by atoms with Gasteiger partial charge in [0.25, 0.3) is 0 Å². The number of ether oxygens (including phenoxy) is 2. The molecular formula is C15H26N4O2. The standard InChI is InChI=1S/C15H26N4O2/c1-5-20-13-11(16)12(17-9-10-7-6-8-21-10)18-14(19-13)15(2,3)4/h10H,5-9,16H2,1-4H3,(H,17,18,19). The topological polar surface area (TPSA) is 82.3 Å². The SMILES string of the molecule is CCOc1nc(C(C)(C)C)nc(NCC2CCCO2)c1N. The molecule has 0 aliphatic carbocycles. The van der Waals surface area contributed by atoms with Gasteiger partial charge >= 0.3 is 0 Å². The Bertz CT molecular complexity index is 479. The summed E-state index contributed by atoms with van der Waals surface area (Å²) in [4.78, 5) is 9.01. The van der Waals surface area contributed by atoms with Crippen molar-refractivity contribution >= 4 is 11.5 Å². The van der Waals surface area contributed by atoms with Crippen LogP contribution in [0.2, 0.25) is 0 Å². The molecule has 1 aliphatic heterocycles. The number of hydrogen-bond acceptors (Lipinski definition) is 6. The van der Waals surface area contributed by atoms with Gasteiger partial charge in [0.05, 0.1) is 12.7 Å². The van der Waals surface area contributed by atoms with Crippen molar-refractivity contribution in [1.82, 2.24) is 9.97 Å². The Morgan fingerprint density at radius 1 is 1.38 bits per heavy atom. The average molecular weight is 294 g/mol. The van der Waals surface area contributed by atoms with Crippen LogP contribution in [0.5, 0.6) is 5.88 Å². The summed E-state index contributed by atoms with van der Waals surface area (Å²) in [6, 6.07) is 0. The van der Waals surface area contributed by atoms with Crippen LogP contribution in [0.15, 0.2) is 0 Å². The zero-order valence-electron chi connectivity index (χ0n) is 13.4. The molecule has 1 atom stereocenters. The molecule has 2 heterocycles. The summed E-state index contributed by atoms with van der Waals surface area (Å²) in [7, 11) is 0. The van der Waals surface area contributed by atoms with Gasteiger partial charge in [-0.25, -0.2) is 4.98 Å². The van der Waals surface area contributed by atoms with E-state index in [1.165, 1.54) is 0 Å². The molecular weight excluding hydrogens is 268 g/mol. The van der Waals surface area contributed by atoms with Crippen molar-refractivity contribution in [2.75, 3.05) is 30.8 Å². The maximum Gasteiger partial charge on any atom is 0.242 e. The van der Waals surface area contributed by atoms with Crippen molar-refractivity contribution < 1.29 is 9.47 Å². The summed E-state index contributed by atoms with van der Waals surface area (Å²) >= 11 is 0. The number of aromatic nitrogens is 2. The van der Waals surface area contributed by atoms with Gasteiger partial charge in [0.15, 0.2) is 5.82 Å². The van der Waals surface area contributed by atoms with Crippen LogP contribution in [0.25, 0.3) is 0 Å². The van der Waals surface area contributed by atoms with Crippen LogP contribution in [0.4, 0.5) is 11.5 Å². The Balaban J connectivity index is 2.22. The highest BCUT2D eigenvalue weighted by Gasteiger charge is 2.23. The molecule has 1 aliphatic rings. The van der Waals surface area contributed by atoms with Gasteiger partial charge in [0.2, 0.25) is 5.88 Å². The molecule has 1 aromatic rings. The van der Waals surface area contributed by atoms with E-state index >= 15 is 0 Å². The van der Waals surface area contributed by atoms with Gasteiger partial charge in [0.1, 0.15) is 11.5 Å². The van der Waals surface area contributed by atoms with Gasteiger partial charge in [0, 0.05) is 18.6 Å². The molecule has 6 heteroatoms.